The highest BCUT2D eigenvalue weighted by atomic mass is 16.4. The van der Waals surface area contributed by atoms with Gasteiger partial charge in [0.2, 0.25) is 0 Å². The summed E-state index contributed by atoms with van der Waals surface area (Å²) in [7, 11) is 0. The van der Waals surface area contributed by atoms with Gasteiger partial charge in [0.1, 0.15) is 17.1 Å². The molecule has 0 aliphatic heterocycles. The van der Waals surface area contributed by atoms with E-state index in [1.165, 1.54) is 0 Å². The first-order valence-corrected chi connectivity index (χ1v) is 7.20. The first kappa shape index (κ1) is 16.6. The van der Waals surface area contributed by atoms with Crippen LogP contribution in [0.5, 0.6) is 0 Å². The fraction of sp³-hybridized carbons (Fsp3) is 0.667. The summed E-state index contributed by atoms with van der Waals surface area (Å²) in [5.74, 6) is 1.68. The number of rotatable bonds is 7. The zero-order valence-electron chi connectivity index (χ0n) is 12.8. The molecule has 0 bridgehead atoms. The van der Waals surface area contributed by atoms with Gasteiger partial charge in [0, 0.05) is 6.54 Å². The number of furan rings is 1. The second-order valence-corrected chi connectivity index (χ2v) is 5.43. The minimum Gasteiger partial charge on any atom is -0.463 e. The SMILES string of the molecule is CCC(CC)CNC(=O)NCC(C)(O)c1ccc(C)o1. The summed E-state index contributed by atoms with van der Waals surface area (Å²) in [6.45, 7) is 8.41. The van der Waals surface area contributed by atoms with Crippen molar-refractivity contribution < 1.29 is 14.3 Å². The Balaban J connectivity index is 2.40. The maximum absolute atomic E-state index is 11.7. The van der Waals surface area contributed by atoms with Gasteiger partial charge in [-0.1, -0.05) is 26.7 Å². The normalized spacial score (nSPS) is 14.1. The number of aliphatic hydroxyl groups is 1. The van der Waals surface area contributed by atoms with Crippen LogP contribution in [0.1, 0.15) is 45.1 Å². The van der Waals surface area contributed by atoms with Gasteiger partial charge in [0.15, 0.2) is 0 Å². The van der Waals surface area contributed by atoms with E-state index in [1.54, 1.807) is 19.1 Å². The molecule has 0 spiro atoms. The predicted molar refractivity (Wildman–Crippen MR) is 78.5 cm³/mol. The van der Waals surface area contributed by atoms with Crippen LogP contribution in [0.2, 0.25) is 0 Å². The molecule has 20 heavy (non-hydrogen) atoms. The maximum atomic E-state index is 11.7. The molecule has 0 fully saturated rings. The molecule has 0 radical (unpaired) electrons. The third kappa shape index (κ3) is 4.89. The van der Waals surface area contributed by atoms with E-state index < -0.39 is 5.60 Å². The van der Waals surface area contributed by atoms with Crippen molar-refractivity contribution in [2.45, 2.75) is 46.1 Å². The van der Waals surface area contributed by atoms with Gasteiger partial charge in [-0.15, -0.1) is 0 Å². The molecule has 0 saturated carbocycles. The number of aryl methyl sites for hydroxylation is 1. The third-order valence-electron chi connectivity index (χ3n) is 3.57. The van der Waals surface area contributed by atoms with Crippen molar-refractivity contribution in [2.75, 3.05) is 13.1 Å². The average Bonchev–Trinajstić information content (AvgIpc) is 2.85. The van der Waals surface area contributed by atoms with Crippen molar-refractivity contribution in [3.63, 3.8) is 0 Å². The molecule has 1 heterocycles. The third-order valence-corrected chi connectivity index (χ3v) is 3.57. The second kappa shape index (κ2) is 7.33. The molecule has 2 amide bonds. The van der Waals surface area contributed by atoms with Crippen LogP contribution >= 0.6 is 0 Å². The zero-order chi connectivity index (χ0) is 15.2. The number of hydrogen-bond donors (Lipinski definition) is 3. The van der Waals surface area contributed by atoms with Crippen molar-refractivity contribution in [3.8, 4) is 0 Å². The van der Waals surface area contributed by atoms with E-state index in [0.29, 0.717) is 18.2 Å². The van der Waals surface area contributed by atoms with Gasteiger partial charge >= 0.3 is 6.03 Å². The molecule has 1 atom stereocenters. The molecule has 0 aliphatic rings. The highest BCUT2D eigenvalue weighted by Crippen LogP contribution is 2.21. The number of hydrogen-bond acceptors (Lipinski definition) is 3. The standard InChI is InChI=1S/C15H26N2O3/c1-5-12(6-2)9-16-14(18)17-10-15(4,19)13-8-7-11(3)20-13/h7-8,12,19H,5-6,9-10H2,1-4H3,(H2,16,17,18). The lowest BCUT2D eigenvalue weighted by atomic mass is 10.0. The highest BCUT2D eigenvalue weighted by Gasteiger charge is 2.27. The first-order valence-electron chi connectivity index (χ1n) is 7.20. The number of carbonyl (C=O) groups is 1. The van der Waals surface area contributed by atoms with Crippen molar-refractivity contribution >= 4 is 6.03 Å². The summed E-state index contributed by atoms with van der Waals surface area (Å²) >= 11 is 0. The van der Waals surface area contributed by atoms with Gasteiger partial charge in [-0.3, -0.25) is 0 Å². The maximum Gasteiger partial charge on any atom is 0.314 e. The Hall–Kier alpha value is -1.49. The van der Waals surface area contributed by atoms with Crippen LogP contribution in [0.4, 0.5) is 4.79 Å². The molecule has 0 aromatic carbocycles. The fourth-order valence-corrected chi connectivity index (χ4v) is 1.94. The first-order chi connectivity index (χ1) is 9.39. The Kier molecular flexibility index (Phi) is 6.07. The molecule has 1 unspecified atom stereocenters. The smallest absolute Gasteiger partial charge is 0.314 e. The Morgan fingerprint density at radius 1 is 1.35 bits per heavy atom. The minimum absolute atomic E-state index is 0.106. The lowest BCUT2D eigenvalue weighted by Gasteiger charge is -2.22. The van der Waals surface area contributed by atoms with E-state index in [-0.39, 0.29) is 12.6 Å². The summed E-state index contributed by atoms with van der Waals surface area (Å²) in [6.07, 6.45) is 2.08. The van der Waals surface area contributed by atoms with Gasteiger partial charge in [0.05, 0.1) is 6.54 Å². The molecule has 1 aromatic heterocycles. The van der Waals surface area contributed by atoms with Crippen molar-refractivity contribution in [1.29, 1.82) is 0 Å². The molecule has 3 N–H and O–H groups in total. The molecule has 0 saturated heterocycles. The van der Waals surface area contributed by atoms with E-state index in [2.05, 4.69) is 24.5 Å². The van der Waals surface area contributed by atoms with Crippen LogP contribution in [0.3, 0.4) is 0 Å². The Bertz CT molecular complexity index is 423. The fourth-order valence-electron chi connectivity index (χ4n) is 1.94. The number of urea groups is 1. The van der Waals surface area contributed by atoms with Crippen molar-refractivity contribution in [2.24, 2.45) is 5.92 Å². The van der Waals surface area contributed by atoms with E-state index in [0.717, 1.165) is 18.6 Å². The van der Waals surface area contributed by atoms with Gasteiger partial charge in [-0.2, -0.15) is 0 Å². The van der Waals surface area contributed by atoms with Gasteiger partial charge in [-0.05, 0) is 31.9 Å². The van der Waals surface area contributed by atoms with Gasteiger partial charge < -0.3 is 20.2 Å². The van der Waals surface area contributed by atoms with Gasteiger partial charge in [-0.25, -0.2) is 4.79 Å². The molecular formula is C15H26N2O3. The van der Waals surface area contributed by atoms with Crippen molar-refractivity contribution in [3.05, 3.63) is 23.7 Å². The van der Waals surface area contributed by atoms with E-state index in [4.69, 9.17) is 4.42 Å². The molecule has 0 aliphatic carbocycles. The monoisotopic (exact) mass is 282 g/mol. The molecule has 5 nitrogen and oxygen atoms in total. The quantitative estimate of drug-likeness (QED) is 0.719. The number of nitrogens with one attached hydrogen (secondary N) is 2. The van der Waals surface area contributed by atoms with E-state index >= 15 is 0 Å². The summed E-state index contributed by atoms with van der Waals surface area (Å²) in [6, 6.07) is 3.25. The molecular weight excluding hydrogens is 256 g/mol. The number of amides is 2. The van der Waals surface area contributed by atoms with Crippen LogP contribution in [-0.2, 0) is 5.60 Å². The molecule has 114 valence electrons. The largest absolute Gasteiger partial charge is 0.463 e. The Labute approximate surface area is 120 Å². The van der Waals surface area contributed by atoms with E-state index in [9.17, 15) is 9.90 Å². The average molecular weight is 282 g/mol. The Morgan fingerprint density at radius 3 is 2.50 bits per heavy atom. The van der Waals surface area contributed by atoms with Crippen LogP contribution in [-0.4, -0.2) is 24.2 Å². The highest BCUT2D eigenvalue weighted by molar-refractivity contribution is 5.73. The summed E-state index contributed by atoms with van der Waals surface area (Å²) in [4.78, 5) is 11.7. The summed E-state index contributed by atoms with van der Waals surface area (Å²) < 4.78 is 5.39. The van der Waals surface area contributed by atoms with Crippen molar-refractivity contribution in [1.82, 2.24) is 10.6 Å². The topological polar surface area (TPSA) is 74.5 Å². The number of carbonyl (C=O) groups excluding carboxylic acids is 1. The predicted octanol–water partition coefficient (Wildman–Crippen LogP) is 2.53. The second-order valence-electron chi connectivity index (χ2n) is 5.43. The van der Waals surface area contributed by atoms with Crippen LogP contribution < -0.4 is 10.6 Å². The molecule has 1 aromatic rings. The molecule has 1 rings (SSSR count). The van der Waals surface area contributed by atoms with Crippen LogP contribution in [0.25, 0.3) is 0 Å². The van der Waals surface area contributed by atoms with E-state index in [1.807, 2.05) is 6.92 Å². The summed E-state index contributed by atoms with van der Waals surface area (Å²) in [5, 5.41) is 15.8. The Morgan fingerprint density at radius 2 is 2.00 bits per heavy atom. The zero-order valence-corrected chi connectivity index (χ0v) is 12.8. The van der Waals surface area contributed by atoms with Gasteiger partial charge in [0.25, 0.3) is 0 Å². The molecule has 5 heteroatoms. The van der Waals surface area contributed by atoms with Crippen LogP contribution in [0.15, 0.2) is 16.5 Å². The van der Waals surface area contributed by atoms with Crippen LogP contribution in [0, 0.1) is 12.8 Å². The summed E-state index contributed by atoms with van der Waals surface area (Å²) in [5.41, 5.74) is -1.21. The lowest BCUT2D eigenvalue weighted by Crippen LogP contribution is -2.44. The lowest BCUT2D eigenvalue weighted by molar-refractivity contribution is 0.0359. The minimum atomic E-state index is -1.21.